The molecule has 0 saturated heterocycles. The van der Waals surface area contributed by atoms with Gasteiger partial charge in [0.2, 0.25) is 0 Å². The van der Waals surface area contributed by atoms with Crippen LogP contribution in [0.15, 0.2) is 40.3 Å². The fraction of sp³-hybridized carbons (Fsp3) is 0.143. The molecule has 2 aromatic carbocycles. The van der Waals surface area contributed by atoms with Crippen LogP contribution in [0.4, 0.5) is 5.69 Å². The highest BCUT2D eigenvalue weighted by Gasteiger charge is 2.32. The van der Waals surface area contributed by atoms with Gasteiger partial charge in [-0.1, -0.05) is 24.3 Å². The zero-order chi connectivity index (χ0) is 16.1. The van der Waals surface area contributed by atoms with E-state index < -0.39 is 26.7 Å². The molecule has 0 aromatic heterocycles. The van der Waals surface area contributed by atoms with E-state index >= 15 is 0 Å². The number of hydrazone groups is 1. The van der Waals surface area contributed by atoms with E-state index in [-0.39, 0.29) is 12.1 Å². The summed E-state index contributed by atoms with van der Waals surface area (Å²) in [5, 5.41) is 15.9. The number of amides is 1. The maximum absolute atomic E-state index is 12.1. The zero-order valence-electron chi connectivity index (χ0n) is 11.5. The van der Waals surface area contributed by atoms with E-state index in [1.165, 1.54) is 6.07 Å². The minimum absolute atomic E-state index is 0.0505. The van der Waals surface area contributed by atoms with Crippen LogP contribution in [-0.4, -0.2) is 29.7 Å². The van der Waals surface area contributed by atoms with Crippen molar-refractivity contribution in [3.63, 3.8) is 0 Å². The van der Waals surface area contributed by atoms with Crippen LogP contribution in [0.25, 0.3) is 10.8 Å². The minimum atomic E-state index is -4.75. The molecule has 0 fully saturated rings. The molecule has 114 valence electrons. The first kappa shape index (κ1) is 14.5. The summed E-state index contributed by atoms with van der Waals surface area (Å²) in [5.74, 6) is -1.07. The van der Waals surface area contributed by atoms with E-state index in [0.717, 1.165) is 5.01 Å². The van der Waals surface area contributed by atoms with Crippen molar-refractivity contribution in [2.24, 2.45) is 5.10 Å². The number of rotatable bonds is 2. The van der Waals surface area contributed by atoms with Crippen LogP contribution in [0, 0.1) is 0 Å². The topological polar surface area (TPSA) is 107 Å². The standard InChI is InChI=1S/C14H12N2O5S/c1-8-6-12(18)16(15-8)13-10-5-3-2-4-9(10)7-11(17)14(13)22(19,20)21/h2-5,7,17H,6H2,1H3,(H,19,20,21). The van der Waals surface area contributed by atoms with Gasteiger partial charge in [-0.05, 0) is 18.4 Å². The van der Waals surface area contributed by atoms with Crippen molar-refractivity contribution in [2.45, 2.75) is 18.2 Å². The summed E-state index contributed by atoms with van der Waals surface area (Å²) in [7, 11) is -4.75. The third kappa shape index (κ3) is 2.22. The lowest BCUT2D eigenvalue weighted by atomic mass is 10.1. The Balaban J connectivity index is 2.47. The highest BCUT2D eigenvalue weighted by molar-refractivity contribution is 7.86. The number of phenols is 1. The van der Waals surface area contributed by atoms with Gasteiger partial charge in [0, 0.05) is 11.1 Å². The largest absolute Gasteiger partial charge is 0.506 e. The number of anilines is 1. The number of phenolic OH excluding ortho intramolecular Hbond substituents is 1. The van der Waals surface area contributed by atoms with Gasteiger partial charge in [-0.2, -0.15) is 18.5 Å². The zero-order valence-corrected chi connectivity index (χ0v) is 12.3. The van der Waals surface area contributed by atoms with Gasteiger partial charge in [-0.15, -0.1) is 0 Å². The Morgan fingerprint density at radius 1 is 1.27 bits per heavy atom. The van der Waals surface area contributed by atoms with Gasteiger partial charge in [-0.25, -0.2) is 0 Å². The van der Waals surface area contributed by atoms with E-state index in [0.29, 0.717) is 16.5 Å². The molecule has 1 heterocycles. The van der Waals surface area contributed by atoms with Crippen LogP contribution in [-0.2, 0) is 14.9 Å². The molecule has 2 N–H and O–H groups in total. The molecule has 2 aromatic rings. The Labute approximate surface area is 126 Å². The summed E-state index contributed by atoms with van der Waals surface area (Å²) < 4.78 is 32.8. The maximum Gasteiger partial charge on any atom is 0.300 e. The number of hydrogen-bond acceptors (Lipinski definition) is 5. The van der Waals surface area contributed by atoms with Gasteiger partial charge < -0.3 is 5.11 Å². The van der Waals surface area contributed by atoms with E-state index in [2.05, 4.69) is 5.10 Å². The third-order valence-electron chi connectivity index (χ3n) is 3.34. The Hall–Kier alpha value is -2.45. The molecule has 1 amide bonds. The highest BCUT2D eigenvalue weighted by atomic mass is 32.2. The smallest absolute Gasteiger partial charge is 0.300 e. The molecular formula is C14H12N2O5S. The van der Waals surface area contributed by atoms with Crippen LogP contribution in [0.3, 0.4) is 0 Å². The fourth-order valence-corrected chi connectivity index (χ4v) is 3.25. The van der Waals surface area contributed by atoms with Gasteiger partial charge in [-0.3, -0.25) is 9.35 Å². The van der Waals surface area contributed by atoms with Crippen LogP contribution in [0.2, 0.25) is 0 Å². The van der Waals surface area contributed by atoms with Crippen molar-refractivity contribution in [2.75, 3.05) is 5.01 Å². The summed E-state index contributed by atoms with van der Waals surface area (Å²) in [6.45, 7) is 1.63. The van der Waals surface area contributed by atoms with Crippen molar-refractivity contribution in [1.29, 1.82) is 0 Å². The second-order valence-electron chi connectivity index (χ2n) is 4.99. The van der Waals surface area contributed by atoms with Crippen LogP contribution < -0.4 is 5.01 Å². The first-order chi connectivity index (χ1) is 10.3. The van der Waals surface area contributed by atoms with Crippen molar-refractivity contribution >= 4 is 38.2 Å². The lowest BCUT2D eigenvalue weighted by molar-refractivity contribution is -0.116. The number of carbonyl (C=O) groups is 1. The summed E-state index contributed by atoms with van der Waals surface area (Å²) >= 11 is 0. The number of carbonyl (C=O) groups excluding carboxylic acids is 1. The molecule has 1 aliphatic rings. The molecule has 0 radical (unpaired) electrons. The van der Waals surface area contributed by atoms with Crippen molar-refractivity contribution in [3.05, 3.63) is 30.3 Å². The maximum atomic E-state index is 12.1. The molecule has 8 heteroatoms. The third-order valence-corrected chi connectivity index (χ3v) is 4.26. The molecule has 0 aliphatic carbocycles. The Bertz CT molecular complexity index is 934. The molecule has 1 aliphatic heterocycles. The quantitative estimate of drug-likeness (QED) is 0.822. The minimum Gasteiger partial charge on any atom is -0.506 e. The van der Waals surface area contributed by atoms with Gasteiger partial charge in [0.15, 0.2) is 4.90 Å². The van der Waals surface area contributed by atoms with Gasteiger partial charge in [0.25, 0.3) is 16.0 Å². The van der Waals surface area contributed by atoms with Gasteiger partial charge >= 0.3 is 0 Å². The molecule has 0 unspecified atom stereocenters. The Morgan fingerprint density at radius 3 is 2.55 bits per heavy atom. The number of fused-ring (bicyclic) bond motifs is 1. The number of hydrogen-bond donors (Lipinski definition) is 2. The first-order valence-electron chi connectivity index (χ1n) is 6.38. The van der Waals surface area contributed by atoms with Gasteiger partial charge in [0.05, 0.1) is 6.42 Å². The number of nitrogens with zero attached hydrogens (tertiary/aromatic N) is 2. The normalized spacial score (nSPS) is 15.5. The molecule has 0 atom stereocenters. The second kappa shape index (κ2) is 4.79. The molecule has 3 rings (SSSR count). The second-order valence-corrected chi connectivity index (χ2v) is 6.35. The van der Waals surface area contributed by atoms with Crippen LogP contribution in [0.5, 0.6) is 5.75 Å². The Kier molecular flexibility index (Phi) is 3.15. The van der Waals surface area contributed by atoms with Crippen LogP contribution in [0.1, 0.15) is 13.3 Å². The predicted molar refractivity (Wildman–Crippen MR) is 80.6 cm³/mol. The molecular weight excluding hydrogens is 308 g/mol. The molecule has 0 saturated carbocycles. The van der Waals surface area contributed by atoms with Crippen LogP contribution >= 0.6 is 0 Å². The number of benzene rings is 2. The average molecular weight is 320 g/mol. The molecule has 0 spiro atoms. The summed E-state index contributed by atoms with van der Waals surface area (Å²) in [4.78, 5) is 11.3. The summed E-state index contributed by atoms with van der Waals surface area (Å²) in [6.07, 6.45) is 0.0505. The monoisotopic (exact) mass is 320 g/mol. The average Bonchev–Trinajstić information content (AvgIpc) is 2.74. The van der Waals surface area contributed by atoms with E-state index in [4.69, 9.17) is 0 Å². The lowest BCUT2D eigenvalue weighted by Crippen LogP contribution is -2.22. The van der Waals surface area contributed by atoms with Crippen molar-refractivity contribution < 1.29 is 22.9 Å². The number of aromatic hydroxyl groups is 1. The van der Waals surface area contributed by atoms with E-state index in [1.807, 2.05) is 0 Å². The molecule has 22 heavy (non-hydrogen) atoms. The van der Waals surface area contributed by atoms with Gasteiger partial charge in [0.1, 0.15) is 11.4 Å². The van der Waals surface area contributed by atoms with E-state index in [9.17, 15) is 22.9 Å². The van der Waals surface area contributed by atoms with Crippen molar-refractivity contribution in [3.8, 4) is 5.75 Å². The highest BCUT2D eigenvalue weighted by Crippen LogP contribution is 2.41. The predicted octanol–water partition coefficient (Wildman–Crippen LogP) is 1.90. The molecule has 0 bridgehead atoms. The lowest BCUT2D eigenvalue weighted by Gasteiger charge is -2.18. The van der Waals surface area contributed by atoms with Crippen molar-refractivity contribution in [1.82, 2.24) is 0 Å². The first-order valence-corrected chi connectivity index (χ1v) is 7.82. The summed E-state index contributed by atoms with van der Waals surface area (Å²) in [5.41, 5.74) is 0.374. The summed E-state index contributed by atoms with van der Waals surface area (Å²) in [6, 6.07) is 7.84. The SMILES string of the molecule is CC1=NN(c2c(S(=O)(=O)O)c(O)cc3ccccc23)C(=O)C1. The molecule has 7 nitrogen and oxygen atoms in total. The fourth-order valence-electron chi connectivity index (χ4n) is 2.49. The van der Waals surface area contributed by atoms with E-state index in [1.54, 1.807) is 31.2 Å². The Morgan fingerprint density at radius 2 is 1.95 bits per heavy atom.